The maximum Gasteiger partial charge on any atom is 0.227 e. The molecule has 1 amide bonds. The van der Waals surface area contributed by atoms with Gasteiger partial charge < -0.3 is 11.6 Å². The second-order valence-electron chi connectivity index (χ2n) is 3.75. The molecule has 1 aromatic heterocycles. The molecule has 4 N–H and O–H groups in total. The Balaban J connectivity index is 2.31. The molecule has 2 aromatic rings. The number of aromatic nitrogens is 3. The summed E-state index contributed by atoms with van der Waals surface area (Å²) in [5, 5.41) is 8.45. The standard InChI is InChI=1S/C11H13N5OS/c1-7-4-2-3-5-8(7)10-14-15-11(16(10)13)18-6-9(12)17/h2-5H,6,13H2,1H3,(H2,12,17). The quantitative estimate of drug-likeness (QED) is 0.619. The van der Waals surface area contributed by atoms with Crippen molar-refractivity contribution in [2.75, 3.05) is 11.6 Å². The topological polar surface area (TPSA) is 99.8 Å². The highest BCUT2D eigenvalue weighted by atomic mass is 32.2. The minimum atomic E-state index is -0.416. The Morgan fingerprint density at radius 2 is 2.11 bits per heavy atom. The molecule has 0 spiro atoms. The van der Waals surface area contributed by atoms with Gasteiger partial charge in [0.05, 0.1) is 5.75 Å². The maximum atomic E-state index is 10.7. The fraction of sp³-hybridized carbons (Fsp3) is 0.182. The number of nitrogen functional groups attached to an aromatic ring is 1. The van der Waals surface area contributed by atoms with E-state index < -0.39 is 5.91 Å². The summed E-state index contributed by atoms with van der Waals surface area (Å²) in [6.07, 6.45) is 0. The van der Waals surface area contributed by atoms with E-state index in [2.05, 4.69) is 10.2 Å². The molecular weight excluding hydrogens is 250 g/mol. The second kappa shape index (κ2) is 5.09. The van der Waals surface area contributed by atoms with Gasteiger partial charge in [0.1, 0.15) is 0 Å². The first kappa shape index (κ1) is 12.4. The van der Waals surface area contributed by atoms with Crippen molar-refractivity contribution in [2.45, 2.75) is 12.1 Å². The summed E-state index contributed by atoms with van der Waals surface area (Å²) in [5.74, 6) is 6.19. The predicted molar refractivity (Wildman–Crippen MR) is 70.3 cm³/mol. The lowest BCUT2D eigenvalue weighted by Crippen LogP contribution is -2.16. The van der Waals surface area contributed by atoms with Crippen LogP contribution in [-0.4, -0.2) is 26.5 Å². The molecule has 0 bridgehead atoms. The van der Waals surface area contributed by atoms with Crippen LogP contribution in [0.1, 0.15) is 5.56 Å². The molecule has 0 aliphatic rings. The average Bonchev–Trinajstić information content (AvgIpc) is 2.69. The third-order valence-electron chi connectivity index (χ3n) is 2.39. The molecule has 0 fully saturated rings. The Bertz CT molecular complexity index is 581. The van der Waals surface area contributed by atoms with Crippen molar-refractivity contribution in [3.05, 3.63) is 29.8 Å². The molecule has 1 heterocycles. The van der Waals surface area contributed by atoms with Gasteiger partial charge in [-0.15, -0.1) is 10.2 Å². The molecule has 2 rings (SSSR count). The summed E-state index contributed by atoms with van der Waals surface area (Å²) in [4.78, 5) is 10.7. The lowest BCUT2D eigenvalue weighted by atomic mass is 10.1. The van der Waals surface area contributed by atoms with Crippen LogP contribution in [0.15, 0.2) is 29.4 Å². The molecule has 18 heavy (non-hydrogen) atoms. The van der Waals surface area contributed by atoms with Crippen molar-refractivity contribution in [3.63, 3.8) is 0 Å². The lowest BCUT2D eigenvalue weighted by Gasteiger charge is -2.05. The molecule has 94 valence electrons. The largest absolute Gasteiger partial charge is 0.369 e. The first-order valence-electron chi connectivity index (χ1n) is 5.27. The zero-order valence-electron chi connectivity index (χ0n) is 9.83. The Hall–Kier alpha value is -2.02. The molecule has 6 nitrogen and oxygen atoms in total. The minimum Gasteiger partial charge on any atom is -0.369 e. The fourth-order valence-corrected chi connectivity index (χ4v) is 2.11. The maximum absolute atomic E-state index is 10.7. The van der Waals surface area contributed by atoms with E-state index in [1.54, 1.807) is 0 Å². The molecule has 0 saturated carbocycles. The minimum absolute atomic E-state index is 0.128. The summed E-state index contributed by atoms with van der Waals surface area (Å²) in [7, 11) is 0. The molecule has 0 atom stereocenters. The highest BCUT2D eigenvalue weighted by molar-refractivity contribution is 7.99. The van der Waals surface area contributed by atoms with E-state index in [4.69, 9.17) is 11.6 Å². The van der Waals surface area contributed by atoms with Crippen molar-refractivity contribution in [1.29, 1.82) is 0 Å². The first-order chi connectivity index (χ1) is 8.59. The van der Waals surface area contributed by atoms with Gasteiger partial charge >= 0.3 is 0 Å². The van der Waals surface area contributed by atoms with Crippen LogP contribution in [0.2, 0.25) is 0 Å². The van der Waals surface area contributed by atoms with Crippen molar-refractivity contribution >= 4 is 17.7 Å². The first-order valence-corrected chi connectivity index (χ1v) is 6.25. The number of carbonyl (C=O) groups is 1. The van der Waals surface area contributed by atoms with Gasteiger partial charge in [-0.25, -0.2) is 4.68 Å². The fourth-order valence-electron chi connectivity index (χ4n) is 1.52. The average molecular weight is 263 g/mol. The van der Waals surface area contributed by atoms with Crippen LogP contribution >= 0.6 is 11.8 Å². The van der Waals surface area contributed by atoms with Gasteiger partial charge in [0.25, 0.3) is 0 Å². The molecule has 0 aliphatic carbocycles. The summed E-state index contributed by atoms with van der Waals surface area (Å²) in [6, 6.07) is 7.75. The third-order valence-corrected chi connectivity index (χ3v) is 3.36. The molecule has 0 unspecified atom stereocenters. The molecule has 7 heteroatoms. The highest BCUT2D eigenvalue weighted by Gasteiger charge is 2.14. The van der Waals surface area contributed by atoms with E-state index in [0.717, 1.165) is 11.1 Å². The smallest absolute Gasteiger partial charge is 0.227 e. The van der Waals surface area contributed by atoms with Gasteiger partial charge in [0.15, 0.2) is 5.82 Å². The van der Waals surface area contributed by atoms with Crippen molar-refractivity contribution < 1.29 is 4.79 Å². The van der Waals surface area contributed by atoms with Gasteiger partial charge in [-0.1, -0.05) is 36.0 Å². The van der Waals surface area contributed by atoms with Gasteiger partial charge in [-0.3, -0.25) is 4.79 Å². The van der Waals surface area contributed by atoms with Crippen molar-refractivity contribution in [1.82, 2.24) is 14.9 Å². The lowest BCUT2D eigenvalue weighted by molar-refractivity contribution is -0.115. The number of nitrogens with zero attached hydrogens (tertiary/aromatic N) is 3. The number of thioether (sulfide) groups is 1. The summed E-state index contributed by atoms with van der Waals surface area (Å²) >= 11 is 1.17. The van der Waals surface area contributed by atoms with Gasteiger partial charge in [-0.2, -0.15) is 0 Å². The molecule has 0 radical (unpaired) electrons. The number of primary amides is 1. The van der Waals surface area contributed by atoms with E-state index in [1.165, 1.54) is 16.4 Å². The normalized spacial score (nSPS) is 10.5. The molecule has 0 saturated heterocycles. The molecular formula is C11H13N5OS. The number of aryl methyl sites for hydroxylation is 1. The summed E-state index contributed by atoms with van der Waals surface area (Å²) in [6.45, 7) is 1.97. The Morgan fingerprint density at radius 3 is 2.78 bits per heavy atom. The van der Waals surface area contributed by atoms with Crippen LogP contribution in [0.4, 0.5) is 0 Å². The Morgan fingerprint density at radius 1 is 1.39 bits per heavy atom. The van der Waals surface area contributed by atoms with Crippen LogP contribution in [0, 0.1) is 6.92 Å². The van der Waals surface area contributed by atoms with E-state index in [-0.39, 0.29) is 5.75 Å². The van der Waals surface area contributed by atoms with Crippen LogP contribution < -0.4 is 11.6 Å². The second-order valence-corrected chi connectivity index (χ2v) is 4.69. The number of carbonyl (C=O) groups excluding carboxylic acids is 1. The zero-order valence-corrected chi connectivity index (χ0v) is 10.6. The summed E-state index contributed by atoms with van der Waals surface area (Å²) in [5.41, 5.74) is 7.05. The number of amides is 1. The SMILES string of the molecule is Cc1ccccc1-c1nnc(SCC(N)=O)n1N. The predicted octanol–water partition coefficient (Wildman–Crippen LogP) is 0.545. The number of hydrogen-bond acceptors (Lipinski definition) is 5. The van der Waals surface area contributed by atoms with Crippen molar-refractivity contribution in [3.8, 4) is 11.4 Å². The van der Waals surface area contributed by atoms with Crippen LogP contribution in [-0.2, 0) is 4.79 Å². The van der Waals surface area contributed by atoms with Crippen LogP contribution in [0.25, 0.3) is 11.4 Å². The van der Waals surface area contributed by atoms with E-state index >= 15 is 0 Å². The van der Waals surface area contributed by atoms with Gasteiger partial charge in [0.2, 0.25) is 11.1 Å². The van der Waals surface area contributed by atoms with Gasteiger partial charge in [0, 0.05) is 5.56 Å². The Kier molecular flexibility index (Phi) is 3.52. The Labute approximate surface area is 108 Å². The van der Waals surface area contributed by atoms with E-state index in [9.17, 15) is 4.79 Å². The monoisotopic (exact) mass is 263 g/mol. The van der Waals surface area contributed by atoms with E-state index in [0.29, 0.717) is 11.0 Å². The number of rotatable bonds is 4. The van der Waals surface area contributed by atoms with Gasteiger partial charge in [-0.05, 0) is 12.5 Å². The van der Waals surface area contributed by atoms with Crippen molar-refractivity contribution in [2.24, 2.45) is 5.73 Å². The third kappa shape index (κ3) is 2.45. The number of benzene rings is 1. The zero-order chi connectivity index (χ0) is 13.1. The van der Waals surface area contributed by atoms with Crippen LogP contribution in [0.5, 0.6) is 0 Å². The number of hydrogen-bond donors (Lipinski definition) is 2. The van der Waals surface area contributed by atoms with Crippen LogP contribution in [0.3, 0.4) is 0 Å². The molecule has 1 aromatic carbocycles. The highest BCUT2D eigenvalue weighted by Crippen LogP contribution is 2.23. The molecule has 0 aliphatic heterocycles. The van der Waals surface area contributed by atoms with E-state index in [1.807, 2.05) is 31.2 Å². The summed E-state index contributed by atoms with van der Waals surface area (Å²) < 4.78 is 1.37. The number of nitrogens with two attached hydrogens (primary N) is 2.